The van der Waals surface area contributed by atoms with Crippen LogP contribution in [-0.4, -0.2) is 70.9 Å². The summed E-state index contributed by atoms with van der Waals surface area (Å²) in [5, 5.41) is 9.80. The molecule has 1 aliphatic heterocycles. The predicted octanol–water partition coefficient (Wildman–Crippen LogP) is -2.03. The van der Waals surface area contributed by atoms with E-state index in [2.05, 4.69) is 10.2 Å². The van der Waals surface area contributed by atoms with Gasteiger partial charge in [-0.25, -0.2) is 5.01 Å². The molecule has 22 heavy (non-hydrogen) atoms. The van der Waals surface area contributed by atoms with Crippen molar-refractivity contribution in [2.45, 2.75) is 20.0 Å². The molecule has 0 radical (unpaired) electrons. The lowest BCUT2D eigenvalue weighted by Gasteiger charge is -2.33. The van der Waals surface area contributed by atoms with Gasteiger partial charge < -0.3 is 14.7 Å². The third-order valence-electron chi connectivity index (χ3n) is 3.22. The first-order valence-corrected chi connectivity index (χ1v) is 6.56. The summed E-state index contributed by atoms with van der Waals surface area (Å²) in [5.41, 5.74) is 2.09. The van der Waals surface area contributed by atoms with Crippen LogP contribution < -0.4 is 5.43 Å². The lowest BCUT2D eigenvalue weighted by Crippen LogP contribution is -2.61. The number of carbonyl (C=O) groups is 5. The van der Waals surface area contributed by atoms with Crippen molar-refractivity contribution < 1.29 is 33.8 Å². The van der Waals surface area contributed by atoms with Gasteiger partial charge in [-0.2, -0.15) is 0 Å². The van der Waals surface area contributed by atoms with Crippen LogP contribution in [0.4, 0.5) is 0 Å². The molecule has 3 amide bonds. The molecule has 1 saturated heterocycles. The molecule has 1 fully saturated rings. The van der Waals surface area contributed by atoms with E-state index in [0.717, 1.165) is 5.01 Å². The zero-order chi connectivity index (χ0) is 16.9. The summed E-state index contributed by atoms with van der Waals surface area (Å²) < 4.78 is 4.46. The van der Waals surface area contributed by atoms with E-state index < -0.39 is 35.7 Å². The number of carbonyl (C=O) groups excluding carboxylic acids is 4. The van der Waals surface area contributed by atoms with Gasteiger partial charge in [0.1, 0.15) is 6.10 Å². The summed E-state index contributed by atoms with van der Waals surface area (Å²) in [6.45, 7) is 3.59. The summed E-state index contributed by atoms with van der Waals surface area (Å²) in [5.74, 6) is -5.99. The molecule has 2 atom stereocenters. The van der Waals surface area contributed by atoms with E-state index in [-0.39, 0.29) is 19.6 Å². The van der Waals surface area contributed by atoms with Crippen molar-refractivity contribution in [1.29, 1.82) is 0 Å². The van der Waals surface area contributed by atoms with Crippen LogP contribution in [0.1, 0.15) is 13.8 Å². The van der Waals surface area contributed by atoms with E-state index in [9.17, 15) is 24.0 Å². The minimum Gasteiger partial charge on any atom is -0.481 e. The van der Waals surface area contributed by atoms with Gasteiger partial charge in [-0.1, -0.05) is 0 Å². The van der Waals surface area contributed by atoms with Gasteiger partial charge >= 0.3 is 17.8 Å². The molecule has 0 spiro atoms. The minimum absolute atomic E-state index is 0.0303. The Bertz CT molecular complexity index is 493. The maximum Gasteiger partial charge on any atom is 0.330 e. The zero-order valence-electron chi connectivity index (χ0n) is 12.1. The molecule has 10 heteroatoms. The number of carboxylic acid groups (broad SMARTS) is 1. The number of ether oxygens (including phenoxy) is 1. The maximum atomic E-state index is 12.0. The summed E-state index contributed by atoms with van der Waals surface area (Å²) in [7, 11) is 0. The van der Waals surface area contributed by atoms with Crippen LogP contribution in [0.25, 0.3) is 0 Å². The van der Waals surface area contributed by atoms with Crippen LogP contribution in [0.3, 0.4) is 0 Å². The van der Waals surface area contributed by atoms with Crippen LogP contribution >= 0.6 is 0 Å². The second-order valence-electron chi connectivity index (χ2n) is 4.57. The molecule has 0 aromatic heterocycles. The highest BCUT2D eigenvalue weighted by atomic mass is 16.5. The Morgan fingerprint density at radius 3 is 2.50 bits per heavy atom. The van der Waals surface area contributed by atoms with Gasteiger partial charge in [-0.05, 0) is 13.8 Å². The van der Waals surface area contributed by atoms with Crippen molar-refractivity contribution in [3.8, 4) is 0 Å². The summed E-state index contributed by atoms with van der Waals surface area (Å²) in [6, 6.07) is 0. The van der Waals surface area contributed by atoms with Crippen molar-refractivity contribution in [2.24, 2.45) is 5.92 Å². The highest BCUT2D eigenvalue weighted by Gasteiger charge is 2.38. The van der Waals surface area contributed by atoms with Gasteiger partial charge in [0.15, 0.2) is 5.92 Å². The monoisotopic (exact) mass is 315 g/mol. The van der Waals surface area contributed by atoms with Gasteiger partial charge in [0, 0.05) is 13.1 Å². The number of hydrogen-bond donors (Lipinski definition) is 2. The molecule has 1 rings (SSSR count). The quantitative estimate of drug-likeness (QED) is 0.314. The van der Waals surface area contributed by atoms with Crippen LogP contribution in [0.2, 0.25) is 0 Å². The van der Waals surface area contributed by atoms with Gasteiger partial charge in [0.05, 0.1) is 6.54 Å². The van der Waals surface area contributed by atoms with Crippen LogP contribution in [0, 0.1) is 5.92 Å². The van der Waals surface area contributed by atoms with Crippen molar-refractivity contribution in [3.63, 3.8) is 0 Å². The summed E-state index contributed by atoms with van der Waals surface area (Å²) in [4.78, 5) is 58.1. The molecule has 0 aromatic rings. The third-order valence-corrected chi connectivity index (χ3v) is 3.22. The first kappa shape index (κ1) is 17.4. The second-order valence-corrected chi connectivity index (χ2v) is 4.57. The first-order chi connectivity index (χ1) is 10.3. The molecule has 0 aromatic carbocycles. The molecule has 2 N–H and O–H groups in total. The van der Waals surface area contributed by atoms with E-state index in [1.807, 2.05) is 0 Å². The van der Waals surface area contributed by atoms with Crippen molar-refractivity contribution in [1.82, 2.24) is 15.3 Å². The van der Waals surface area contributed by atoms with Crippen LogP contribution in [-0.2, 0) is 28.7 Å². The number of carboxylic acids is 1. The number of nitrogens with one attached hydrogen (secondary N) is 1. The Morgan fingerprint density at radius 2 is 2.00 bits per heavy atom. The highest BCUT2D eigenvalue weighted by molar-refractivity contribution is 6.35. The molecular weight excluding hydrogens is 298 g/mol. The first-order valence-electron chi connectivity index (χ1n) is 6.56. The number of nitrogens with zero attached hydrogens (tertiary/aromatic N) is 2. The Hall–Kier alpha value is -2.65. The average molecular weight is 315 g/mol. The van der Waals surface area contributed by atoms with Crippen LogP contribution in [0.15, 0.2) is 0 Å². The molecule has 0 bridgehead atoms. The van der Waals surface area contributed by atoms with Crippen molar-refractivity contribution >= 4 is 30.2 Å². The van der Waals surface area contributed by atoms with Gasteiger partial charge in [0.2, 0.25) is 0 Å². The molecule has 1 aliphatic rings. The number of likely N-dealkylation sites (N-methyl/N-ethyl adjacent to an activating group) is 1. The number of aliphatic carboxylic acids is 1. The van der Waals surface area contributed by atoms with Gasteiger partial charge in [0.25, 0.3) is 12.4 Å². The van der Waals surface area contributed by atoms with Gasteiger partial charge in [-0.3, -0.25) is 29.4 Å². The molecular formula is C12H17N3O7. The number of hydrogen-bond acceptors (Lipinski definition) is 6. The SMILES string of the molecule is CCN1CCN(NC(=O)C(C(=O)O)C(C)OC=O)C(=O)C1=O. The number of amides is 3. The fourth-order valence-electron chi connectivity index (χ4n) is 1.98. The van der Waals surface area contributed by atoms with Crippen molar-refractivity contribution in [2.75, 3.05) is 19.6 Å². The van der Waals surface area contributed by atoms with Crippen molar-refractivity contribution in [3.05, 3.63) is 0 Å². The van der Waals surface area contributed by atoms with E-state index in [0.29, 0.717) is 6.54 Å². The number of rotatable bonds is 7. The number of hydrazine groups is 1. The Kier molecular flexibility index (Phi) is 5.84. The van der Waals surface area contributed by atoms with E-state index >= 15 is 0 Å². The minimum atomic E-state index is -1.70. The lowest BCUT2D eigenvalue weighted by atomic mass is 10.0. The molecule has 1 heterocycles. The zero-order valence-corrected chi connectivity index (χ0v) is 12.1. The normalized spacial score (nSPS) is 17.7. The smallest absolute Gasteiger partial charge is 0.330 e. The Morgan fingerprint density at radius 1 is 1.36 bits per heavy atom. The van der Waals surface area contributed by atoms with E-state index in [1.54, 1.807) is 6.92 Å². The fraction of sp³-hybridized carbons (Fsp3) is 0.583. The standard InChI is InChI=1S/C12H17N3O7/c1-3-14-4-5-15(11(19)10(14)18)13-9(17)8(12(20)21)7(2)22-6-16/h6-8H,3-5H2,1-2H3,(H,13,17)(H,20,21). The van der Waals surface area contributed by atoms with E-state index in [4.69, 9.17) is 5.11 Å². The van der Waals surface area contributed by atoms with Crippen LogP contribution in [0.5, 0.6) is 0 Å². The molecule has 10 nitrogen and oxygen atoms in total. The maximum absolute atomic E-state index is 12.0. The lowest BCUT2D eigenvalue weighted by molar-refractivity contribution is -0.164. The largest absolute Gasteiger partial charge is 0.481 e. The third kappa shape index (κ3) is 3.71. The fourth-order valence-corrected chi connectivity index (χ4v) is 1.98. The van der Waals surface area contributed by atoms with Gasteiger partial charge in [-0.15, -0.1) is 0 Å². The molecule has 122 valence electrons. The predicted molar refractivity (Wildman–Crippen MR) is 69.8 cm³/mol. The molecule has 0 saturated carbocycles. The Labute approximate surface area is 126 Å². The summed E-state index contributed by atoms with van der Waals surface area (Å²) in [6.07, 6.45) is -1.22. The number of piperazine rings is 1. The second kappa shape index (κ2) is 7.38. The highest BCUT2D eigenvalue weighted by Crippen LogP contribution is 2.10. The summed E-state index contributed by atoms with van der Waals surface area (Å²) >= 11 is 0. The molecule has 0 aliphatic carbocycles. The topological polar surface area (TPSA) is 133 Å². The average Bonchev–Trinajstić information content (AvgIpc) is 2.44. The molecule has 2 unspecified atom stereocenters. The Balaban J connectivity index is 2.78. The van der Waals surface area contributed by atoms with E-state index in [1.165, 1.54) is 11.8 Å².